The van der Waals surface area contributed by atoms with Crippen molar-refractivity contribution in [3.8, 4) is 5.75 Å². The number of thiazole rings is 1. The number of carbonyl (C=O) groups is 2. The minimum absolute atomic E-state index is 0.276. The van der Waals surface area contributed by atoms with Gasteiger partial charge in [-0.25, -0.2) is 4.98 Å². The Kier molecular flexibility index (Phi) is 5.21. The van der Waals surface area contributed by atoms with E-state index in [0.717, 1.165) is 29.5 Å². The molecule has 0 spiro atoms. The van der Waals surface area contributed by atoms with E-state index in [1.165, 1.54) is 11.3 Å². The van der Waals surface area contributed by atoms with Crippen molar-refractivity contribution in [2.45, 2.75) is 6.42 Å². The number of hydrazine groups is 1. The molecule has 1 fully saturated rings. The Bertz CT molecular complexity index is 834. The van der Waals surface area contributed by atoms with E-state index in [-0.39, 0.29) is 24.1 Å². The molecule has 2 aliphatic rings. The van der Waals surface area contributed by atoms with Gasteiger partial charge in [0.1, 0.15) is 18.1 Å². The number of hydrogen-bond donors (Lipinski definition) is 2. The number of anilines is 1. The van der Waals surface area contributed by atoms with Crippen LogP contribution in [-0.4, -0.2) is 49.7 Å². The Hall–Kier alpha value is -2.65. The lowest BCUT2D eigenvalue weighted by molar-refractivity contribution is -0.127. The van der Waals surface area contributed by atoms with Gasteiger partial charge in [-0.05, 0) is 18.1 Å². The molecule has 27 heavy (non-hydrogen) atoms. The van der Waals surface area contributed by atoms with Crippen LogP contribution in [0.3, 0.4) is 0 Å². The highest BCUT2D eigenvalue weighted by atomic mass is 32.1. The SMILES string of the molecule is O=C(NNC(=O)C1COc2ccccc2C1)c1csc(N2CCOCC2)n1. The lowest BCUT2D eigenvalue weighted by atomic mass is 9.96. The highest BCUT2D eigenvalue weighted by Crippen LogP contribution is 2.26. The average Bonchev–Trinajstić information content (AvgIpc) is 3.22. The zero-order valence-corrected chi connectivity index (χ0v) is 15.5. The van der Waals surface area contributed by atoms with Crippen molar-refractivity contribution >= 4 is 28.3 Å². The minimum Gasteiger partial charge on any atom is -0.492 e. The average molecular weight is 388 g/mol. The first kappa shape index (κ1) is 17.7. The van der Waals surface area contributed by atoms with E-state index in [2.05, 4.69) is 20.7 Å². The molecular formula is C18H20N4O4S. The second kappa shape index (κ2) is 7.93. The molecule has 1 unspecified atom stereocenters. The first-order chi connectivity index (χ1) is 13.2. The van der Waals surface area contributed by atoms with Gasteiger partial charge >= 0.3 is 0 Å². The van der Waals surface area contributed by atoms with Crippen LogP contribution >= 0.6 is 11.3 Å². The maximum Gasteiger partial charge on any atom is 0.289 e. The quantitative estimate of drug-likeness (QED) is 0.762. The minimum atomic E-state index is -0.434. The number of morpholine rings is 1. The molecule has 1 atom stereocenters. The second-order valence-corrected chi connectivity index (χ2v) is 7.21. The lowest BCUT2D eigenvalue weighted by Crippen LogP contribution is -2.47. The summed E-state index contributed by atoms with van der Waals surface area (Å²) in [6.07, 6.45) is 0.579. The van der Waals surface area contributed by atoms with Crippen molar-refractivity contribution in [3.05, 3.63) is 40.9 Å². The summed E-state index contributed by atoms with van der Waals surface area (Å²) in [4.78, 5) is 31.1. The summed E-state index contributed by atoms with van der Waals surface area (Å²) in [5.41, 5.74) is 6.20. The summed E-state index contributed by atoms with van der Waals surface area (Å²) in [7, 11) is 0. The number of benzene rings is 1. The van der Waals surface area contributed by atoms with Gasteiger partial charge in [-0.15, -0.1) is 11.3 Å². The summed E-state index contributed by atoms with van der Waals surface area (Å²) in [6.45, 7) is 3.12. The zero-order valence-electron chi connectivity index (χ0n) is 14.6. The van der Waals surface area contributed by atoms with E-state index in [9.17, 15) is 9.59 Å². The maximum absolute atomic E-state index is 12.4. The zero-order chi connectivity index (χ0) is 18.6. The highest BCUT2D eigenvalue weighted by molar-refractivity contribution is 7.13. The van der Waals surface area contributed by atoms with E-state index in [1.807, 2.05) is 24.3 Å². The third-order valence-corrected chi connectivity index (χ3v) is 5.46. The fourth-order valence-corrected chi connectivity index (χ4v) is 3.91. The Morgan fingerprint density at radius 3 is 2.85 bits per heavy atom. The third-order valence-electron chi connectivity index (χ3n) is 4.56. The molecule has 0 radical (unpaired) electrons. The van der Waals surface area contributed by atoms with Crippen molar-refractivity contribution in [3.63, 3.8) is 0 Å². The Labute approximate surface area is 160 Å². The Balaban J connectivity index is 1.30. The number of carbonyl (C=O) groups excluding carboxylic acids is 2. The van der Waals surface area contributed by atoms with Crippen molar-refractivity contribution in [1.82, 2.24) is 15.8 Å². The monoisotopic (exact) mass is 388 g/mol. The van der Waals surface area contributed by atoms with Gasteiger partial charge in [0, 0.05) is 18.5 Å². The molecule has 1 aromatic heterocycles. The first-order valence-electron chi connectivity index (χ1n) is 8.80. The normalized spacial score (nSPS) is 19.0. The molecule has 2 amide bonds. The van der Waals surface area contributed by atoms with E-state index in [4.69, 9.17) is 9.47 Å². The van der Waals surface area contributed by atoms with Crippen molar-refractivity contribution in [2.75, 3.05) is 37.8 Å². The van der Waals surface area contributed by atoms with Gasteiger partial charge in [0.15, 0.2) is 5.13 Å². The van der Waals surface area contributed by atoms with Crippen LogP contribution in [0, 0.1) is 5.92 Å². The van der Waals surface area contributed by atoms with Gasteiger partial charge in [0.05, 0.1) is 19.1 Å². The largest absolute Gasteiger partial charge is 0.492 e. The van der Waals surface area contributed by atoms with E-state index >= 15 is 0 Å². The molecule has 1 saturated heterocycles. The molecule has 142 valence electrons. The first-order valence-corrected chi connectivity index (χ1v) is 9.68. The van der Waals surface area contributed by atoms with Crippen molar-refractivity contribution < 1.29 is 19.1 Å². The van der Waals surface area contributed by atoms with Crippen LogP contribution < -0.4 is 20.5 Å². The molecule has 3 heterocycles. The predicted octanol–water partition coefficient (Wildman–Crippen LogP) is 0.992. The molecule has 4 rings (SSSR count). The highest BCUT2D eigenvalue weighted by Gasteiger charge is 2.26. The molecule has 0 saturated carbocycles. The second-order valence-electron chi connectivity index (χ2n) is 6.38. The van der Waals surface area contributed by atoms with Gasteiger partial charge in [-0.1, -0.05) is 18.2 Å². The van der Waals surface area contributed by atoms with Crippen LogP contribution in [0.2, 0.25) is 0 Å². The van der Waals surface area contributed by atoms with Crippen LogP contribution in [0.15, 0.2) is 29.6 Å². The molecule has 2 aromatic rings. The van der Waals surface area contributed by atoms with Crippen LogP contribution in [-0.2, 0) is 16.0 Å². The number of nitrogens with one attached hydrogen (secondary N) is 2. The standard InChI is InChI=1S/C18H20N4O4S/c23-16(13-9-12-3-1-2-4-15(12)26-10-13)20-21-17(24)14-11-27-18(19-14)22-5-7-25-8-6-22/h1-4,11,13H,5-10H2,(H,20,23)(H,21,24). The van der Waals surface area contributed by atoms with Gasteiger partial charge in [-0.3, -0.25) is 20.4 Å². The number of para-hydroxylation sites is 1. The van der Waals surface area contributed by atoms with Crippen LogP contribution in [0.25, 0.3) is 0 Å². The maximum atomic E-state index is 12.4. The summed E-state index contributed by atoms with van der Waals surface area (Å²) >= 11 is 1.40. The number of nitrogens with zero attached hydrogens (tertiary/aromatic N) is 2. The molecule has 0 bridgehead atoms. The van der Waals surface area contributed by atoms with E-state index in [1.54, 1.807) is 5.38 Å². The molecule has 1 aromatic carbocycles. The van der Waals surface area contributed by atoms with E-state index in [0.29, 0.717) is 19.6 Å². The number of rotatable bonds is 3. The fourth-order valence-electron chi connectivity index (χ4n) is 3.05. The number of amides is 2. The third kappa shape index (κ3) is 4.04. The number of hydrogen-bond acceptors (Lipinski definition) is 7. The van der Waals surface area contributed by atoms with Crippen molar-refractivity contribution in [1.29, 1.82) is 0 Å². The summed E-state index contributed by atoms with van der Waals surface area (Å²) < 4.78 is 10.9. The van der Waals surface area contributed by atoms with Crippen LogP contribution in [0.1, 0.15) is 16.1 Å². The molecule has 2 aliphatic heterocycles. The van der Waals surface area contributed by atoms with Gasteiger partial charge in [-0.2, -0.15) is 0 Å². The molecule has 2 N–H and O–H groups in total. The Morgan fingerprint density at radius 1 is 1.19 bits per heavy atom. The van der Waals surface area contributed by atoms with Gasteiger partial charge in [0.2, 0.25) is 5.91 Å². The predicted molar refractivity (Wildman–Crippen MR) is 99.9 cm³/mol. The summed E-state index contributed by atoms with van der Waals surface area (Å²) in [6, 6.07) is 7.65. The molecule has 0 aliphatic carbocycles. The summed E-state index contributed by atoms with van der Waals surface area (Å²) in [5.74, 6) is -0.249. The topological polar surface area (TPSA) is 92.8 Å². The Morgan fingerprint density at radius 2 is 2.00 bits per heavy atom. The molecular weight excluding hydrogens is 368 g/mol. The van der Waals surface area contributed by atoms with Crippen LogP contribution in [0.5, 0.6) is 5.75 Å². The smallest absolute Gasteiger partial charge is 0.289 e. The van der Waals surface area contributed by atoms with Gasteiger partial charge < -0.3 is 14.4 Å². The lowest BCUT2D eigenvalue weighted by Gasteiger charge is -2.26. The van der Waals surface area contributed by atoms with Crippen molar-refractivity contribution in [2.24, 2.45) is 5.92 Å². The van der Waals surface area contributed by atoms with E-state index < -0.39 is 5.91 Å². The fraction of sp³-hybridized carbons (Fsp3) is 0.389. The number of ether oxygens (including phenoxy) is 2. The molecule has 9 heteroatoms. The summed E-state index contributed by atoms with van der Waals surface area (Å²) in [5, 5.41) is 2.47. The number of fused-ring (bicyclic) bond motifs is 1. The number of aromatic nitrogens is 1. The van der Waals surface area contributed by atoms with Gasteiger partial charge in [0.25, 0.3) is 5.91 Å². The molecule has 8 nitrogen and oxygen atoms in total. The van der Waals surface area contributed by atoms with Crippen LogP contribution in [0.4, 0.5) is 5.13 Å².